The fraction of sp³-hybridized carbons (Fsp3) is 0.375. The van der Waals surface area contributed by atoms with E-state index < -0.39 is 17.6 Å². The molecule has 1 unspecified atom stereocenters. The number of hydrogen-bond donors (Lipinski definition) is 3. The van der Waals surface area contributed by atoms with Crippen molar-refractivity contribution >= 4 is 18.0 Å². The summed E-state index contributed by atoms with van der Waals surface area (Å²) in [6, 6.07) is 15.9. The lowest BCUT2D eigenvalue weighted by Gasteiger charge is -2.21. The van der Waals surface area contributed by atoms with Crippen LogP contribution in [0.2, 0.25) is 0 Å². The minimum Gasteiger partial charge on any atom is -0.480 e. The molecule has 2 amide bonds. The molecule has 7 heteroatoms. The zero-order valence-corrected chi connectivity index (χ0v) is 18.0. The summed E-state index contributed by atoms with van der Waals surface area (Å²) in [5.74, 6) is -1.50. The first kappa shape index (κ1) is 22.3. The van der Waals surface area contributed by atoms with Crippen LogP contribution in [0.4, 0.5) is 4.79 Å². The number of carboxylic acid groups (broad SMARTS) is 1. The number of alkyl carbamates (subject to hydrolysis) is 1. The lowest BCUT2D eigenvalue weighted by molar-refractivity contribution is -0.146. The van der Waals surface area contributed by atoms with Crippen LogP contribution in [-0.2, 0) is 14.3 Å². The van der Waals surface area contributed by atoms with Gasteiger partial charge in [0.15, 0.2) is 0 Å². The van der Waals surface area contributed by atoms with Crippen LogP contribution in [0, 0.1) is 0 Å². The second-order valence-electron chi connectivity index (χ2n) is 8.39. The SMILES string of the molecule is CC(CCC(=O)NC(C)(C)C(=O)O)NC(=O)OCC1c2ccccc2-c2ccccc21. The van der Waals surface area contributed by atoms with E-state index >= 15 is 0 Å². The van der Waals surface area contributed by atoms with Gasteiger partial charge in [0.05, 0.1) is 0 Å². The van der Waals surface area contributed by atoms with E-state index in [4.69, 9.17) is 9.84 Å². The Labute approximate surface area is 181 Å². The van der Waals surface area contributed by atoms with Gasteiger partial charge >= 0.3 is 12.1 Å². The van der Waals surface area contributed by atoms with E-state index in [1.54, 1.807) is 6.92 Å². The van der Waals surface area contributed by atoms with E-state index in [0.717, 1.165) is 22.3 Å². The molecule has 0 saturated heterocycles. The molecular formula is C24H28N2O5. The van der Waals surface area contributed by atoms with Gasteiger partial charge in [-0.1, -0.05) is 48.5 Å². The number of benzene rings is 2. The number of hydrogen-bond acceptors (Lipinski definition) is 4. The third kappa shape index (κ3) is 5.23. The highest BCUT2D eigenvalue weighted by molar-refractivity contribution is 5.86. The van der Waals surface area contributed by atoms with Crippen molar-refractivity contribution in [2.75, 3.05) is 6.61 Å². The van der Waals surface area contributed by atoms with Crippen LogP contribution >= 0.6 is 0 Å². The van der Waals surface area contributed by atoms with E-state index in [2.05, 4.69) is 34.9 Å². The Kier molecular flexibility index (Phi) is 6.63. The van der Waals surface area contributed by atoms with Gasteiger partial charge in [-0.25, -0.2) is 9.59 Å². The predicted octanol–water partition coefficient (Wildman–Crippen LogP) is 3.67. The molecular weight excluding hydrogens is 396 g/mol. The molecule has 3 N–H and O–H groups in total. The molecule has 0 heterocycles. The van der Waals surface area contributed by atoms with Crippen molar-refractivity contribution in [3.05, 3.63) is 59.7 Å². The molecule has 31 heavy (non-hydrogen) atoms. The number of carbonyl (C=O) groups is 3. The molecule has 2 aromatic carbocycles. The molecule has 1 aliphatic carbocycles. The van der Waals surface area contributed by atoms with E-state index in [-0.39, 0.29) is 30.9 Å². The first-order chi connectivity index (χ1) is 14.7. The molecule has 1 atom stereocenters. The maximum absolute atomic E-state index is 12.3. The standard InChI is InChI=1S/C24H28N2O5/c1-15(12-13-21(27)26-24(2,3)22(28)29)25-23(30)31-14-20-18-10-6-4-8-16(18)17-9-5-7-11-19(17)20/h4-11,15,20H,12-14H2,1-3H3,(H,25,30)(H,26,27)(H,28,29). The molecule has 0 fully saturated rings. The number of amides is 2. The summed E-state index contributed by atoms with van der Waals surface area (Å²) in [5, 5.41) is 14.3. The highest BCUT2D eigenvalue weighted by Gasteiger charge is 2.30. The molecule has 0 spiro atoms. The van der Waals surface area contributed by atoms with Crippen molar-refractivity contribution < 1.29 is 24.2 Å². The summed E-state index contributed by atoms with van der Waals surface area (Å²) in [5.41, 5.74) is 3.27. The minimum atomic E-state index is -1.33. The summed E-state index contributed by atoms with van der Waals surface area (Å²) in [6.07, 6.45) is -0.0755. The fourth-order valence-corrected chi connectivity index (χ4v) is 3.73. The average Bonchev–Trinajstić information content (AvgIpc) is 3.04. The van der Waals surface area contributed by atoms with E-state index in [1.807, 2.05) is 24.3 Å². The minimum absolute atomic E-state index is 0.0162. The Balaban J connectivity index is 1.49. The molecule has 0 radical (unpaired) electrons. The molecule has 1 aliphatic rings. The number of ether oxygens (including phenoxy) is 1. The second-order valence-corrected chi connectivity index (χ2v) is 8.39. The van der Waals surface area contributed by atoms with Gasteiger partial charge in [-0.15, -0.1) is 0 Å². The number of nitrogens with one attached hydrogen (secondary N) is 2. The van der Waals surface area contributed by atoms with Gasteiger partial charge in [-0.2, -0.15) is 0 Å². The predicted molar refractivity (Wildman–Crippen MR) is 117 cm³/mol. The maximum atomic E-state index is 12.3. The second kappa shape index (κ2) is 9.20. The molecule has 2 aromatic rings. The number of rotatable bonds is 8. The van der Waals surface area contributed by atoms with Crippen LogP contribution in [0.1, 0.15) is 50.7 Å². The quantitative estimate of drug-likeness (QED) is 0.600. The monoisotopic (exact) mass is 424 g/mol. The third-order valence-corrected chi connectivity index (χ3v) is 5.50. The van der Waals surface area contributed by atoms with Crippen molar-refractivity contribution in [1.82, 2.24) is 10.6 Å². The number of carbonyl (C=O) groups excluding carboxylic acids is 2. The Morgan fingerprint density at radius 3 is 2.13 bits per heavy atom. The Hall–Kier alpha value is -3.35. The van der Waals surface area contributed by atoms with Gasteiger partial charge in [0.1, 0.15) is 12.1 Å². The van der Waals surface area contributed by atoms with Crippen LogP contribution in [0.5, 0.6) is 0 Å². The normalized spacial score (nSPS) is 13.6. The van der Waals surface area contributed by atoms with Crippen LogP contribution in [-0.4, -0.2) is 41.3 Å². The average molecular weight is 424 g/mol. The van der Waals surface area contributed by atoms with Gasteiger partial charge in [0.2, 0.25) is 5.91 Å². The van der Waals surface area contributed by atoms with Gasteiger partial charge < -0.3 is 20.5 Å². The van der Waals surface area contributed by atoms with Crippen LogP contribution in [0.25, 0.3) is 11.1 Å². The first-order valence-corrected chi connectivity index (χ1v) is 10.3. The third-order valence-electron chi connectivity index (χ3n) is 5.50. The molecule has 0 aliphatic heterocycles. The van der Waals surface area contributed by atoms with Gasteiger partial charge in [-0.05, 0) is 49.4 Å². The van der Waals surface area contributed by atoms with Crippen molar-refractivity contribution in [1.29, 1.82) is 0 Å². The number of carboxylic acids is 1. The summed E-state index contributed by atoms with van der Waals surface area (Å²) in [7, 11) is 0. The van der Waals surface area contributed by atoms with E-state index in [9.17, 15) is 14.4 Å². The highest BCUT2D eigenvalue weighted by Crippen LogP contribution is 2.44. The summed E-state index contributed by atoms with van der Waals surface area (Å²) in [4.78, 5) is 35.3. The van der Waals surface area contributed by atoms with E-state index in [1.165, 1.54) is 13.8 Å². The molecule has 3 rings (SSSR count). The first-order valence-electron chi connectivity index (χ1n) is 10.3. The zero-order valence-electron chi connectivity index (χ0n) is 18.0. The van der Waals surface area contributed by atoms with Crippen LogP contribution < -0.4 is 10.6 Å². The van der Waals surface area contributed by atoms with E-state index in [0.29, 0.717) is 6.42 Å². The van der Waals surface area contributed by atoms with Gasteiger partial charge in [0.25, 0.3) is 0 Å². The number of fused-ring (bicyclic) bond motifs is 3. The summed E-state index contributed by atoms with van der Waals surface area (Å²) < 4.78 is 5.50. The molecule has 0 aromatic heterocycles. The Bertz CT molecular complexity index is 940. The topological polar surface area (TPSA) is 105 Å². The van der Waals surface area contributed by atoms with Crippen molar-refractivity contribution in [3.8, 4) is 11.1 Å². The van der Waals surface area contributed by atoms with Crippen LogP contribution in [0.15, 0.2) is 48.5 Å². The maximum Gasteiger partial charge on any atom is 0.407 e. The Morgan fingerprint density at radius 2 is 1.58 bits per heavy atom. The largest absolute Gasteiger partial charge is 0.480 e. The smallest absolute Gasteiger partial charge is 0.407 e. The van der Waals surface area contributed by atoms with Crippen molar-refractivity contribution in [2.45, 2.75) is 51.1 Å². The molecule has 7 nitrogen and oxygen atoms in total. The van der Waals surface area contributed by atoms with Gasteiger partial charge in [-0.3, -0.25) is 4.79 Å². The highest BCUT2D eigenvalue weighted by atomic mass is 16.5. The lowest BCUT2D eigenvalue weighted by Crippen LogP contribution is -2.49. The summed E-state index contributed by atoms with van der Waals surface area (Å²) >= 11 is 0. The van der Waals surface area contributed by atoms with Crippen LogP contribution in [0.3, 0.4) is 0 Å². The fourth-order valence-electron chi connectivity index (χ4n) is 3.73. The van der Waals surface area contributed by atoms with Gasteiger partial charge in [0, 0.05) is 18.4 Å². The van der Waals surface area contributed by atoms with Crippen molar-refractivity contribution in [3.63, 3.8) is 0 Å². The summed E-state index contributed by atoms with van der Waals surface area (Å²) in [6.45, 7) is 4.84. The number of aliphatic carboxylic acids is 1. The Morgan fingerprint density at radius 1 is 1.03 bits per heavy atom. The molecule has 0 saturated carbocycles. The molecule has 0 bridgehead atoms. The lowest BCUT2D eigenvalue weighted by atomic mass is 9.98. The molecule has 164 valence electrons. The zero-order chi connectivity index (χ0) is 22.6. The van der Waals surface area contributed by atoms with Crippen molar-refractivity contribution in [2.24, 2.45) is 0 Å².